The highest BCUT2D eigenvalue weighted by molar-refractivity contribution is 5.70. The van der Waals surface area contributed by atoms with Crippen LogP contribution in [0.3, 0.4) is 0 Å². The van der Waals surface area contributed by atoms with E-state index in [1.165, 1.54) is 38.5 Å². The predicted octanol–water partition coefficient (Wildman–Crippen LogP) is 4.07. The molecule has 5 fully saturated rings. The van der Waals surface area contributed by atoms with E-state index in [-0.39, 0.29) is 17.6 Å². The maximum Gasteiger partial charge on any atom is 0.410 e. The first-order valence-corrected chi connectivity index (χ1v) is 8.79. The number of hydrogen-bond donors (Lipinski definition) is 0. The van der Waals surface area contributed by atoms with Crippen LogP contribution in [0, 0.1) is 28.6 Å². The summed E-state index contributed by atoms with van der Waals surface area (Å²) in [5.74, 6) is 2.86. The lowest BCUT2D eigenvalue weighted by Crippen LogP contribution is -2.51. The number of carbonyl (C=O) groups excluding carboxylic acids is 1. The Hall–Kier alpha value is -0.730. The standard InChI is InChI=1S/C18H29NO2/c1-17(2,3)15-10-19(16(20)21-15)11-18-7-12-4-13(8-18)6-14(5-12)9-18/h12-15H,4-11H2,1-3H3. The molecule has 4 saturated carbocycles. The van der Waals surface area contributed by atoms with Gasteiger partial charge in [0.2, 0.25) is 0 Å². The minimum absolute atomic E-state index is 0.0475. The number of carbonyl (C=O) groups is 1. The molecule has 0 spiro atoms. The molecule has 5 aliphatic rings. The minimum atomic E-state index is -0.0642. The smallest absolute Gasteiger partial charge is 0.410 e. The Morgan fingerprint density at radius 2 is 1.62 bits per heavy atom. The summed E-state index contributed by atoms with van der Waals surface area (Å²) >= 11 is 0. The predicted molar refractivity (Wildman–Crippen MR) is 81.9 cm³/mol. The molecule has 1 amide bonds. The van der Waals surface area contributed by atoms with E-state index in [1.54, 1.807) is 0 Å². The summed E-state index contributed by atoms with van der Waals surface area (Å²) in [6, 6.07) is 0. The molecule has 118 valence electrons. The quantitative estimate of drug-likeness (QED) is 0.767. The maximum absolute atomic E-state index is 12.3. The van der Waals surface area contributed by atoms with E-state index in [0.29, 0.717) is 5.41 Å². The van der Waals surface area contributed by atoms with Crippen LogP contribution in [0.15, 0.2) is 0 Å². The van der Waals surface area contributed by atoms with Crippen LogP contribution in [-0.4, -0.2) is 30.2 Å². The van der Waals surface area contributed by atoms with Gasteiger partial charge in [0.05, 0.1) is 6.54 Å². The van der Waals surface area contributed by atoms with Crippen molar-refractivity contribution in [3.8, 4) is 0 Å². The van der Waals surface area contributed by atoms with Crippen LogP contribution in [-0.2, 0) is 4.74 Å². The van der Waals surface area contributed by atoms with Gasteiger partial charge in [-0.1, -0.05) is 20.8 Å². The van der Waals surface area contributed by atoms with Gasteiger partial charge in [0.15, 0.2) is 0 Å². The number of nitrogens with zero attached hydrogens (tertiary/aromatic N) is 1. The van der Waals surface area contributed by atoms with Crippen LogP contribution >= 0.6 is 0 Å². The summed E-state index contributed by atoms with van der Waals surface area (Å²) in [6.07, 6.45) is 8.48. The summed E-state index contributed by atoms with van der Waals surface area (Å²) in [6.45, 7) is 8.25. The second-order valence-corrected chi connectivity index (χ2v) is 9.54. The molecule has 5 rings (SSSR count). The van der Waals surface area contributed by atoms with Crippen molar-refractivity contribution in [1.82, 2.24) is 4.90 Å². The van der Waals surface area contributed by atoms with Crippen molar-refractivity contribution < 1.29 is 9.53 Å². The number of rotatable bonds is 2. The third-order valence-electron chi connectivity index (χ3n) is 6.54. The molecule has 4 bridgehead atoms. The van der Waals surface area contributed by atoms with E-state index in [4.69, 9.17) is 4.74 Å². The van der Waals surface area contributed by atoms with Crippen LogP contribution in [0.2, 0.25) is 0 Å². The highest BCUT2D eigenvalue weighted by Crippen LogP contribution is 2.60. The fourth-order valence-electron chi connectivity index (χ4n) is 5.98. The Labute approximate surface area is 128 Å². The second kappa shape index (κ2) is 4.39. The molecule has 0 N–H and O–H groups in total. The number of ether oxygens (including phenoxy) is 1. The molecule has 0 aromatic rings. The maximum atomic E-state index is 12.3. The average Bonchev–Trinajstić information content (AvgIpc) is 2.68. The van der Waals surface area contributed by atoms with Crippen LogP contribution in [0.4, 0.5) is 4.79 Å². The fourth-order valence-corrected chi connectivity index (χ4v) is 5.98. The normalized spacial score (nSPS) is 45.3. The van der Waals surface area contributed by atoms with Crippen molar-refractivity contribution >= 4 is 6.09 Å². The average molecular weight is 291 g/mol. The monoisotopic (exact) mass is 291 g/mol. The van der Waals surface area contributed by atoms with E-state index < -0.39 is 0 Å². The fraction of sp³-hybridized carbons (Fsp3) is 0.944. The first-order valence-electron chi connectivity index (χ1n) is 8.79. The third kappa shape index (κ3) is 2.37. The Morgan fingerprint density at radius 1 is 1.10 bits per heavy atom. The number of cyclic esters (lactones) is 1. The summed E-state index contributed by atoms with van der Waals surface area (Å²) in [5, 5.41) is 0. The van der Waals surface area contributed by atoms with Crippen LogP contribution in [0.5, 0.6) is 0 Å². The molecule has 0 aromatic heterocycles. The minimum Gasteiger partial charge on any atom is -0.444 e. The van der Waals surface area contributed by atoms with Crippen molar-refractivity contribution in [2.24, 2.45) is 28.6 Å². The van der Waals surface area contributed by atoms with Crippen LogP contribution in [0.1, 0.15) is 59.3 Å². The molecule has 1 unspecified atom stereocenters. The Kier molecular flexibility index (Phi) is 2.91. The number of amides is 1. The molecule has 3 heteroatoms. The molecule has 4 aliphatic carbocycles. The Bertz CT molecular complexity index is 415. The SMILES string of the molecule is CC(C)(C)C1CN(CC23CC4CC(CC(C4)C2)C3)C(=O)O1. The van der Waals surface area contributed by atoms with E-state index >= 15 is 0 Å². The lowest BCUT2D eigenvalue weighted by Gasteiger charge is -2.57. The van der Waals surface area contributed by atoms with Crippen LogP contribution in [0.25, 0.3) is 0 Å². The first kappa shape index (κ1) is 13.9. The zero-order valence-electron chi connectivity index (χ0n) is 13.7. The largest absolute Gasteiger partial charge is 0.444 e. The highest BCUT2D eigenvalue weighted by atomic mass is 16.6. The van der Waals surface area contributed by atoms with Crippen molar-refractivity contribution in [3.05, 3.63) is 0 Å². The lowest BCUT2D eigenvalue weighted by molar-refractivity contribution is -0.0628. The van der Waals surface area contributed by atoms with E-state index in [2.05, 4.69) is 20.8 Å². The molecular weight excluding hydrogens is 262 g/mol. The van der Waals surface area contributed by atoms with Gasteiger partial charge in [0.25, 0.3) is 0 Å². The van der Waals surface area contributed by atoms with Crippen molar-refractivity contribution in [2.75, 3.05) is 13.1 Å². The topological polar surface area (TPSA) is 29.5 Å². The zero-order chi connectivity index (χ0) is 14.8. The van der Waals surface area contributed by atoms with Crippen LogP contribution < -0.4 is 0 Å². The first-order chi connectivity index (χ1) is 9.83. The summed E-state index contributed by atoms with van der Waals surface area (Å²) in [4.78, 5) is 14.3. The second-order valence-electron chi connectivity index (χ2n) is 9.54. The molecule has 1 heterocycles. The van der Waals surface area contributed by atoms with Gasteiger partial charge in [0.1, 0.15) is 6.10 Å². The molecule has 21 heavy (non-hydrogen) atoms. The summed E-state index contributed by atoms with van der Waals surface area (Å²) in [5.41, 5.74) is 0.479. The lowest BCUT2D eigenvalue weighted by atomic mass is 9.49. The molecule has 0 aromatic carbocycles. The summed E-state index contributed by atoms with van der Waals surface area (Å²) < 4.78 is 5.64. The molecule has 3 nitrogen and oxygen atoms in total. The van der Waals surface area contributed by atoms with Gasteiger partial charge >= 0.3 is 6.09 Å². The van der Waals surface area contributed by atoms with Gasteiger partial charge in [-0.3, -0.25) is 0 Å². The Balaban J connectivity index is 1.48. The van der Waals surface area contributed by atoms with Gasteiger partial charge < -0.3 is 9.64 Å². The van der Waals surface area contributed by atoms with E-state index in [9.17, 15) is 4.79 Å². The summed E-state index contributed by atoms with van der Waals surface area (Å²) in [7, 11) is 0. The molecule has 1 aliphatic heterocycles. The van der Waals surface area contributed by atoms with Gasteiger partial charge in [-0.2, -0.15) is 0 Å². The van der Waals surface area contributed by atoms with Crippen molar-refractivity contribution in [3.63, 3.8) is 0 Å². The van der Waals surface area contributed by atoms with E-state index in [0.717, 1.165) is 30.8 Å². The highest BCUT2D eigenvalue weighted by Gasteiger charge is 2.53. The van der Waals surface area contributed by atoms with Gasteiger partial charge in [-0.05, 0) is 61.7 Å². The van der Waals surface area contributed by atoms with Gasteiger partial charge in [0, 0.05) is 12.0 Å². The van der Waals surface area contributed by atoms with Crippen molar-refractivity contribution in [1.29, 1.82) is 0 Å². The van der Waals surface area contributed by atoms with E-state index in [1.807, 2.05) is 4.90 Å². The Morgan fingerprint density at radius 3 is 2.05 bits per heavy atom. The van der Waals surface area contributed by atoms with Gasteiger partial charge in [-0.25, -0.2) is 4.79 Å². The number of hydrogen-bond acceptors (Lipinski definition) is 2. The third-order valence-corrected chi connectivity index (χ3v) is 6.54. The molecule has 1 atom stereocenters. The molecule has 0 radical (unpaired) electrons. The van der Waals surface area contributed by atoms with Gasteiger partial charge in [-0.15, -0.1) is 0 Å². The molecule has 1 saturated heterocycles. The van der Waals surface area contributed by atoms with Crippen molar-refractivity contribution in [2.45, 2.75) is 65.4 Å². The zero-order valence-corrected chi connectivity index (χ0v) is 13.7. The molecular formula is C18H29NO2.